The third kappa shape index (κ3) is 10.2. The maximum absolute atomic E-state index is 13.6. The van der Waals surface area contributed by atoms with Gasteiger partial charge in [0.2, 0.25) is 11.8 Å². The molecular weight excluding hydrogens is 498 g/mol. The van der Waals surface area contributed by atoms with Crippen LogP contribution in [-0.4, -0.2) is 51.8 Å². The molecule has 1 heterocycles. The zero-order valence-electron chi connectivity index (χ0n) is 19.9. The maximum Gasteiger partial charge on any atom is 0.374 e. The fourth-order valence-corrected chi connectivity index (χ4v) is 6.75. The van der Waals surface area contributed by atoms with Gasteiger partial charge in [-0.3, -0.25) is 14.4 Å². The van der Waals surface area contributed by atoms with Gasteiger partial charge in [0.05, 0.1) is 0 Å². The van der Waals surface area contributed by atoms with Gasteiger partial charge < -0.3 is 15.7 Å². The summed E-state index contributed by atoms with van der Waals surface area (Å²) in [5, 5.41) is 14.9. The number of carbonyl (C=O) groups is 4. The minimum absolute atomic E-state index is 0.0303. The Morgan fingerprint density at radius 1 is 1.09 bits per heavy atom. The molecule has 1 aromatic carbocycles. The van der Waals surface area contributed by atoms with E-state index >= 15 is 0 Å². The Kier molecular flexibility index (Phi) is 12.0. The van der Waals surface area contributed by atoms with Crippen molar-refractivity contribution in [2.24, 2.45) is 5.92 Å². The van der Waals surface area contributed by atoms with E-state index in [0.29, 0.717) is 11.7 Å². The summed E-state index contributed by atoms with van der Waals surface area (Å²) < 4.78 is 26.8. The summed E-state index contributed by atoms with van der Waals surface area (Å²) >= 11 is 0. The smallest absolute Gasteiger partial charge is 0.374 e. The average molecular weight is 531 g/mol. The van der Waals surface area contributed by atoms with E-state index in [2.05, 4.69) is 10.6 Å². The number of hydrogen-bond donors (Lipinski definition) is 3. The first-order valence-corrected chi connectivity index (χ1v) is 14.0. The molecule has 0 aliphatic carbocycles. The first-order valence-electron chi connectivity index (χ1n) is 11.7. The highest BCUT2D eigenvalue weighted by Gasteiger charge is 2.30. The number of carboxylic acids is 1. The van der Waals surface area contributed by atoms with Crippen molar-refractivity contribution in [1.29, 1.82) is 0 Å². The Morgan fingerprint density at radius 3 is 2.43 bits per heavy atom. The quantitative estimate of drug-likeness (QED) is 0.190. The summed E-state index contributed by atoms with van der Waals surface area (Å²) in [7, 11) is 3.76. The number of ketones is 1. The summed E-state index contributed by atoms with van der Waals surface area (Å²) in [5.74, 6) is -5.09. The van der Waals surface area contributed by atoms with Gasteiger partial charge in [0, 0.05) is 23.8 Å². The van der Waals surface area contributed by atoms with Crippen LogP contribution in [0.3, 0.4) is 0 Å². The van der Waals surface area contributed by atoms with Crippen LogP contribution in [-0.2, 0) is 25.6 Å². The van der Waals surface area contributed by atoms with Crippen molar-refractivity contribution in [1.82, 2.24) is 10.6 Å². The fraction of sp³-hybridized carbons (Fsp3) is 0.583. The van der Waals surface area contributed by atoms with Crippen molar-refractivity contribution >= 4 is 45.2 Å². The molecule has 0 radical (unpaired) electrons. The average Bonchev–Trinajstić information content (AvgIpc) is 3.31. The standard InChI is InChI=1S/C24H32F2N2O5S2/c1-14(2)11-20(27-21(29)6-4-3-5-16-9-10-34-35-16)23(31)28-19(22(30)24(32)33)13-15-7-8-17(25)18(26)12-15/h7-8,12,14,16,19-20H,3-6,9-11,13H2,1-2H3,(H,27,29)(H,28,31)(H,32,33)/t16?,19-,20-/m0/s1. The number of halogens is 2. The van der Waals surface area contributed by atoms with Crippen LogP contribution in [0, 0.1) is 17.6 Å². The molecule has 35 heavy (non-hydrogen) atoms. The van der Waals surface area contributed by atoms with Gasteiger partial charge in [0.1, 0.15) is 12.1 Å². The molecule has 1 saturated heterocycles. The molecule has 0 aromatic heterocycles. The lowest BCUT2D eigenvalue weighted by Crippen LogP contribution is -2.53. The second kappa shape index (κ2) is 14.4. The van der Waals surface area contributed by atoms with Gasteiger partial charge in [-0.1, -0.05) is 47.9 Å². The van der Waals surface area contributed by atoms with Gasteiger partial charge in [-0.25, -0.2) is 13.6 Å². The summed E-state index contributed by atoms with van der Waals surface area (Å²) in [5.41, 5.74) is 0.145. The van der Waals surface area contributed by atoms with Gasteiger partial charge in [0.15, 0.2) is 11.6 Å². The van der Waals surface area contributed by atoms with E-state index in [9.17, 15) is 28.0 Å². The van der Waals surface area contributed by atoms with Crippen molar-refractivity contribution in [2.45, 2.75) is 76.1 Å². The highest BCUT2D eigenvalue weighted by atomic mass is 33.1. The van der Waals surface area contributed by atoms with E-state index in [1.54, 1.807) is 0 Å². The Bertz CT molecular complexity index is 910. The zero-order valence-corrected chi connectivity index (χ0v) is 21.5. The van der Waals surface area contributed by atoms with Crippen LogP contribution in [0.2, 0.25) is 0 Å². The topological polar surface area (TPSA) is 113 Å². The van der Waals surface area contributed by atoms with E-state index in [-0.39, 0.29) is 36.7 Å². The lowest BCUT2D eigenvalue weighted by atomic mass is 9.99. The predicted octanol–water partition coefficient (Wildman–Crippen LogP) is 3.89. The summed E-state index contributed by atoms with van der Waals surface area (Å²) in [6, 6.07) is 0.459. The van der Waals surface area contributed by atoms with Crippen LogP contribution in [0.1, 0.15) is 57.9 Å². The molecule has 2 amide bonds. The van der Waals surface area contributed by atoms with Crippen LogP contribution in [0.15, 0.2) is 18.2 Å². The number of carboxylic acid groups (broad SMARTS) is 1. The Balaban J connectivity index is 1.99. The summed E-state index contributed by atoms with van der Waals surface area (Å²) in [6.45, 7) is 3.73. The molecule has 0 bridgehead atoms. The molecule has 11 heteroatoms. The van der Waals surface area contributed by atoms with Crippen LogP contribution in [0.5, 0.6) is 0 Å². The number of aliphatic carboxylic acids is 1. The number of amides is 2. The van der Waals surface area contributed by atoms with E-state index in [0.717, 1.165) is 30.7 Å². The van der Waals surface area contributed by atoms with Crippen LogP contribution >= 0.6 is 21.6 Å². The van der Waals surface area contributed by atoms with Crippen molar-refractivity contribution < 1.29 is 33.1 Å². The molecule has 3 atom stereocenters. The van der Waals surface area contributed by atoms with E-state index in [1.165, 1.54) is 12.5 Å². The number of rotatable bonds is 14. The van der Waals surface area contributed by atoms with Crippen molar-refractivity contribution in [3.8, 4) is 0 Å². The number of hydrogen-bond acceptors (Lipinski definition) is 6. The molecule has 1 aromatic rings. The van der Waals surface area contributed by atoms with Gasteiger partial charge in [-0.05, 0) is 49.3 Å². The van der Waals surface area contributed by atoms with E-state index in [4.69, 9.17) is 5.11 Å². The Hall–Kier alpha value is -2.14. The minimum Gasteiger partial charge on any atom is -0.475 e. The number of Topliss-reactive ketones (excluding diaryl/α,β-unsaturated/α-hetero) is 1. The molecular formula is C24H32F2N2O5S2. The van der Waals surface area contributed by atoms with Crippen LogP contribution in [0.25, 0.3) is 0 Å². The summed E-state index contributed by atoms with van der Waals surface area (Å²) in [4.78, 5) is 48.9. The normalized spacial score (nSPS) is 17.1. The van der Waals surface area contributed by atoms with Crippen molar-refractivity contribution in [3.05, 3.63) is 35.4 Å². The van der Waals surface area contributed by atoms with Gasteiger partial charge >= 0.3 is 5.97 Å². The molecule has 1 fully saturated rings. The highest BCUT2D eigenvalue weighted by Crippen LogP contribution is 2.39. The number of nitrogens with one attached hydrogen (secondary N) is 2. The minimum atomic E-state index is -1.76. The molecule has 0 spiro atoms. The summed E-state index contributed by atoms with van der Waals surface area (Å²) in [6.07, 6.45) is 4.04. The second-order valence-corrected chi connectivity index (χ2v) is 11.8. The number of unbranched alkanes of at least 4 members (excludes halogenated alkanes) is 1. The lowest BCUT2D eigenvalue weighted by molar-refractivity contribution is -0.150. The van der Waals surface area contributed by atoms with E-state index in [1.807, 2.05) is 35.4 Å². The number of benzene rings is 1. The van der Waals surface area contributed by atoms with Gasteiger partial charge in [-0.15, -0.1) is 0 Å². The Morgan fingerprint density at radius 2 is 1.83 bits per heavy atom. The second-order valence-electron chi connectivity index (χ2n) is 9.01. The molecule has 1 aliphatic heterocycles. The zero-order chi connectivity index (χ0) is 26.0. The van der Waals surface area contributed by atoms with E-state index < -0.39 is 41.4 Å². The third-order valence-corrected chi connectivity index (χ3v) is 8.54. The lowest BCUT2D eigenvalue weighted by Gasteiger charge is -2.23. The van der Waals surface area contributed by atoms with Crippen LogP contribution < -0.4 is 10.6 Å². The Labute approximate surface area is 212 Å². The molecule has 194 valence electrons. The monoisotopic (exact) mass is 530 g/mol. The van der Waals surface area contributed by atoms with Crippen molar-refractivity contribution in [2.75, 3.05) is 5.75 Å². The molecule has 7 nitrogen and oxygen atoms in total. The predicted molar refractivity (Wildman–Crippen MR) is 133 cm³/mol. The molecule has 1 aliphatic rings. The highest BCUT2D eigenvalue weighted by molar-refractivity contribution is 8.77. The molecule has 0 saturated carbocycles. The molecule has 3 N–H and O–H groups in total. The first kappa shape index (κ1) is 29.1. The number of carbonyl (C=O) groups excluding carboxylic acids is 3. The molecule has 2 rings (SSSR count). The first-order chi connectivity index (χ1) is 16.6. The maximum atomic E-state index is 13.6. The van der Waals surface area contributed by atoms with Gasteiger partial charge in [0.25, 0.3) is 5.78 Å². The SMILES string of the molecule is CC(C)C[C@H](NC(=O)CCCCC1CCSS1)C(=O)N[C@@H](Cc1ccc(F)c(F)c1)C(=O)C(=O)O. The van der Waals surface area contributed by atoms with Crippen LogP contribution in [0.4, 0.5) is 8.78 Å². The largest absolute Gasteiger partial charge is 0.475 e. The third-order valence-electron chi connectivity index (χ3n) is 5.53. The van der Waals surface area contributed by atoms with Crippen molar-refractivity contribution in [3.63, 3.8) is 0 Å². The van der Waals surface area contributed by atoms with Gasteiger partial charge in [-0.2, -0.15) is 0 Å². The molecule has 1 unspecified atom stereocenters. The fourth-order valence-electron chi connectivity index (χ4n) is 3.72.